The summed E-state index contributed by atoms with van der Waals surface area (Å²) in [6.07, 6.45) is 5.37. The topological polar surface area (TPSA) is 21.3 Å². The average molecular weight is 289 g/mol. The molecule has 0 spiro atoms. The largest absolute Gasteiger partial charge is 0.380 e. The van der Waals surface area contributed by atoms with Gasteiger partial charge in [-0.15, -0.1) is 0 Å². The Hall–Kier alpha value is -0.860. The molecule has 21 heavy (non-hydrogen) atoms. The van der Waals surface area contributed by atoms with Crippen molar-refractivity contribution in [2.75, 3.05) is 7.11 Å². The maximum absolute atomic E-state index is 5.20. The molecule has 0 amide bonds. The fraction of sp³-hybridized carbons (Fsp3) is 0.684. The van der Waals surface area contributed by atoms with Gasteiger partial charge in [-0.3, -0.25) is 0 Å². The lowest BCUT2D eigenvalue weighted by molar-refractivity contribution is 0.160. The number of rotatable bonds is 5. The molecule has 1 aromatic rings. The number of hydrogen-bond donors (Lipinski definition) is 1. The van der Waals surface area contributed by atoms with Crippen LogP contribution in [0.4, 0.5) is 0 Å². The second kappa shape index (κ2) is 7.42. The van der Waals surface area contributed by atoms with E-state index in [1.807, 2.05) is 0 Å². The van der Waals surface area contributed by atoms with Crippen LogP contribution in [0.15, 0.2) is 24.3 Å². The zero-order valence-corrected chi connectivity index (χ0v) is 14.1. The van der Waals surface area contributed by atoms with Gasteiger partial charge >= 0.3 is 0 Å². The number of nitrogens with one attached hydrogen (secondary N) is 1. The Kier molecular flexibility index (Phi) is 5.83. The summed E-state index contributed by atoms with van der Waals surface area (Å²) in [6.45, 7) is 8.82. The minimum atomic E-state index is 0.472. The first-order chi connectivity index (χ1) is 9.99. The van der Waals surface area contributed by atoms with Crippen molar-refractivity contribution in [3.8, 4) is 0 Å². The van der Waals surface area contributed by atoms with Crippen LogP contribution < -0.4 is 5.32 Å². The van der Waals surface area contributed by atoms with E-state index in [2.05, 4.69) is 50.4 Å². The number of hydrogen-bond acceptors (Lipinski definition) is 2. The third-order valence-corrected chi connectivity index (χ3v) is 4.85. The van der Waals surface area contributed by atoms with Gasteiger partial charge in [0.2, 0.25) is 0 Å². The lowest BCUT2D eigenvalue weighted by atomic mass is 9.71. The van der Waals surface area contributed by atoms with Gasteiger partial charge in [0, 0.05) is 19.7 Å². The molecule has 2 nitrogen and oxygen atoms in total. The molecule has 0 radical (unpaired) electrons. The first kappa shape index (κ1) is 16.5. The van der Waals surface area contributed by atoms with E-state index in [9.17, 15) is 0 Å². The normalized spacial score (nSPS) is 23.2. The molecule has 0 atom stereocenters. The van der Waals surface area contributed by atoms with Crippen LogP contribution in [0.3, 0.4) is 0 Å². The molecule has 1 fully saturated rings. The zero-order valence-electron chi connectivity index (χ0n) is 14.1. The minimum Gasteiger partial charge on any atom is -0.380 e. The van der Waals surface area contributed by atoms with E-state index in [-0.39, 0.29) is 0 Å². The summed E-state index contributed by atoms with van der Waals surface area (Å²) >= 11 is 0. The SMILES string of the molecule is COCc1cccc(CNC2CCC(C(C)(C)C)CC2)c1. The molecule has 0 bridgehead atoms. The van der Waals surface area contributed by atoms with Crippen molar-refractivity contribution in [1.29, 1.82) is 0 Å². The lowest BCUT2D eigenvalue weighted by Gasteiger charge is -2.37. The fourth-order valence-corrected chi connectivity index (χ4v) is 3.42. The van der Waals surface area contributed by atoms with Crippen LogP contribution in [0.5, 0.6) is 0 Å². The monoisotopic (exact) mass is 289 g/mol. The van der Waals surface area contributed by atoms with Gasteiger partial charge in [-0.25, -0.2) is 0 Å². The van der Waals surface area contributed by atoms with E-state index in [0.717, 1.165) is 12.5 Å². The van der Waals surface area contributed by atoms with Gasteiger partial charge in [0.15, 0.2) is 0 Å². The average Bonchev–Trinajstić information content (AvgIpc) is 2.45. The molecule has 0 aromatic heterocycles. The van der Waals surface area contributed by atoms with Crippen LogP contribution in [0.1, 0.15) is 57.6 Å². The summed E-state index contributed by atoms with van der Waals surface area (Å²) in [7, 11) is 1.75. The molecule has 0 aliphatic heterocycles. The Bertz CT molecular complexity index is 427. The fourth-order valence-electron chi connectivity index (χ4n) is 3.42. The van der Waals surface area contributed by atoms with Crippen molar-refractivity contribution < 1.29 is 4.74 Å². The second-order valence-electron chi connectivity index (χ2n) is 7.55. The molecule has 1 saturated carbocycles. The van der Waals surface area contributed by atoms with Gasteiger partial charge in [-0.1, -0.05) is 45.0 Å². The second-order valence-corrected chi connectivity index (χ2v) is 7.55. The molecular weight excluding hydrogens is 258 g/mol. The minimum absolute atomic E-state index is 0.472. The maximum Gasteiger partial charge on any atom is 0.0713 e. The molecule has 0 saturated heterocycles. The quantitative estimate of drug-likeness (QED) is 0.860. The highest BCUT2D eigenvalue weighted by Crippen LogP contribution is 2.37. The first-order valence-corrected chi connectivity index (χ1v) is 8.29. The van der Waals surface area contributed by atoms with E-state index in [1.165, 1.54) is 36.8 Å². The third-order valence-electron chi connectivity index (χ3n) is 4.85. The van der Waals surface area contributed by atoms with Crippen molar-refractivity contribution in [2.45, 2.75) is 65.6 Å². The van der Waals surface area contributed by atoms with Crippen LogP contribution in [-0.4, -0.2) is 13.2 Å². The van der Waals surface area contributed by atoms with E-state index >= 15 is 0 Å². The summed E-state index contributed by atoms with van der Waals surface area (Å²) in [5.74, 6) is 0.889. The van der Waals surface area contributed by atoms with Crippen LogP contribution >= 0.6 is 0 Å². The summed E-state index contributed by atoms with van der Waals surface area (Å²) in [5.41, 5.74) is 3.09. The molecule has 118 valence electrons. The molecule has 1 aliphatic carbocycles. The Morgan fingerprint density at radius 2 is 1.76 bits per heavy atom. The van der Waals surface area contributed by atoms with Gasteiger partial charge in [0.05, 0.1) is 6.61 Å². The summed E-state index contributed by atoms with van der Waals surface area (Å²) < 4.78 is 5.20. The van der Waals surface area contributed by atoms with Gasteiger partial charge < -0.3 is 10.1 Å². The maximum atomic E-state index is 5.20. The molecule has 2 rings (SSSR count). The van der Waals surface area contributed by atoms with Gasteiger partial charge in [-0.05, 0) is 48.1 Å². The molecule has 1 aliphatic rings. The predicted octanol–water partition coefficient (Wildman–Crippen LogP) is 4.53. The molecule has 1 aromatic carbocycles. The molecule has 2 heteroatoms. The van der Waals surface area contributed by atoms with Crippen LogP contribution in [0, 0.1) is 11.3 Å². The summed E-state index contributed by atoms with van der Waals surface area (Å²) in [6, 6.07) is 9.39. The van der Waals surface area contributed by atoms with E-state index < -0.39 is 0 Å². The highest BCUT2D eigenvalue weighted by molar-refractivity contribution is 5.22. The molecule has 1 N–H and O–H groups in total. The highest BCUT2D eigenvalue weighted by atomic mass is 16.5. The molecule has 0 unspecified atom stereocenters. The first-order valence-electron chi connectivity index (χ1n) is 8.29. The van der Waals surface area contributed by atoms with E-state index in [1.54, 1.807) is 7.11 Å². The smallest absolute Gasteiger partial charge is 0.0713 e. The lowest BCUT2D eigenvalue weighted by Crippen LogP contribution is -2.35. The predicted molar refractivity (Wildman–Crippen MR) is 89.2 cm³/mol. The summed E-state index contributed by atoms with van der Waals surface area (Å²) in [5, 5.41) is 3.74. The van der Waals surface area contributed by atoms with Gasteiger partial charge in [-0.2, -0.15) is 0 Å². The van der Waals surface area contributed by atoms with Gasteiger partial charge in [0.25, 0.3) is 0 Å². The van der Waals surface area contributed by atoms with Crippen LogP contribution in [0.25, 0.3) is 0 Å². The van der Waals surface area contributed by atoms with Crippen LogP contribution in [-0.2, 0) is 17.9 Å². The molecule has 0 heterocycles. The third kappa shape index (κ3) is 5.12. The highest BCUT2D eigenvalue weighted by Gasteiger charge is 2.29. The standard InChI is InChI=1S/C19H31NO/c1-19(2,3)17-8-10-18(11-9-17)20-13-15-6-5-7-16(12-15)14-21-4/h5-7,12,17-18,20H,8-11,13-14H2,1-4H3. The Morgan fingerprint density at radius 3 is 2.38 bits per heavy atom. The Balaban J connectivity index is 1.78. The van der Waals surface area contributed by atoms with Crippen molar-refractivity contribution in [1.82, 2.24) is 5.32 Å². The molecular formula is C19H31NO. The van der Waals surface area contributed by atoms with Crippen molar-refractivity contribution in [2.24, 2.45) is 11.3 Å². The number of benzene rings is 1. The number of ether oxygens (including phenoxy) is 1. The summed E-state index contributed by atoms with van der Waals surface area (Å²) in [4.78, 5) is 0. The van der Waals surface area contributed by atoms with Crippen molar-refractivity contribution in [3.05, 3.63) is 35.4 Å². The zero-order chi connectivity index (χ0) is 15.3. The van der Waals surface area contributed by atoms with Crippen molar-refractivity contribution in [3.63, 3.8) is 0 Å². The van der Waals surface area contributed by atoms with Crippen LogP contribution in [0.2, 0.25) is 0 Å². The Labute approximate surface area is 130 Å². The van der Waals surface area contributed by atoms with E-state index in [0.29, 0.717) is 18.1 Å². The number of methoxy groups -OCH3 is 1. The van der Waals surface area contributed by atoms with Gasteiger partial charge in [0.1, 0.15) is 0 Å². The van der Waals surface area contributed by atoms with Crippen molar-refractivity contribution >= 4 is 0 Å². The van der Waals surface area contributed by atoms with E-state index in [4.69, 9.17) is 4.74 Å². The Morgan fingerprint density at radius 1 is 1.10 bits per heavy atom.